The molecule has 5 rings (SSSR count). The van der Waals surface area contributed by atoms with Crippen molar-refractivity contribution in [2.75, 3.05) is 56.7 Å². The number of hydrogen-bond acceptors (Lipinski definition) is 9. The van der Waals surface area contributed by atoms with Crippen molar-refractivity contribution >= 4 is 17.4 Å². The molecule has 0 N–H and O–H groups in total. The molecule has 0 bridgehead atoms. The van der Waals surface area contributed by atoms with Crippen molar-refractivity contribution in [2.24, 2.45) is 5.92 Å². The highest BCUT2D eigenvalue weighted by Crippen LogP contribution is 2.39. The van der Waals surface area contributed by atoms with Crippen molar-refractivity contribution in [1.82, 2.24) is 24.8 Å². The Morgan fingerprint density at radius 1 is 1.23 bits per heavy atom. The van der Waals surface area contributed by atoms with Crippen molar-refractivity contribution in [3.63, 3.8) is 0 Å². The minimum atomic E-state index is -4.52. The van der Waals surface area contributed by atoms with Crippen LogP contribution in [-0.2, 0) is 23.9 Å². The van der Waals surface area contributed by atoms with E-state index >= 15 is 0 Å². The maximum Gasteiger partial charge on any atom is 0.418 e. The molecule has 10 nitrogen and oxygen atoms in total. The van der Waals surface area contributed by atoms with E-state index in [9.17, 15) is 23.2 Å². The first-order chi connectivity index (χ1) is 20.6. The fourth-order valence-corrected chi connectivity index (χ4v) is 6.39. The Labute approximate surface area is 249 Å². The third-order valence-corrected chi connectivity index (χ3v) is 8.73. The van der Waals surface area contributed by atoms with Gasteiger partial charge in [-0.25, -0.2) is 0 Å². The van der Waals surface area contributed by atoms with Gasteiger partial charge >= 0.3 is 12.2 Å². The van der Waals surface area contributed by atoms with Crippen LogP contribution in [0.4, 0.5) is 24.7 Å². The lowest BCUT2D eigenvalue weighted by molar-refractivity contribution is -0.137. The summed E-state index contributed by atoms with van der Waals surface area (Å²) in [5.41, 5.74) is 0.710. The second kappa shape index (κ2) is 12.8. The van der Waals surface area contributed by atoms with Crippen LogP contribution in [0, 0.1) is 17.2 Å². The highest BCUT2D eigenvalue weighted by molar-refractivity contribution is 5.87. The average molecular weight is 599 g/mol. The van der Waals surface area contributed by atoms with Crippen LogP contribution in [0.3, 0.4) is 0 Å². The summed E-state index contributed by atoms with van der Waals surface area (Å²) in [6, 6.07) is 3.50. The largest absolute Gasteiger partial charge is 0.463 e. The van der Waals surface area contributed by atoms with E-state index in [4.69, 9.17) is 14.7 Å². The predicted octanol–water partition coefficient (Wildman–Crippen LogP) is 3.68. The Morgan fingerprint density at radius 3 is 2.74 bits per heavy atom. The van der Waals surface area contributed by atoms with Gasteiger partial charge < -0.3 is 24.3 Å². The third-order valence-electron chi connectivity index (χ3n) is 8.73. The molecule has 0 aromatic carbocycles. The van der Waals surface area contributed by atoms with E-state index in [0.717, 1.165) is 37.1 Å². The number of halogens is 3. The monoisotopic (exact) mass is 598 g/mol. The van der Waals surface area contributed by atoms with Gasteiger partial charge in [-0.1, -0.05) is 6.58 Å². The van der Waals surface area contributed by atoms with Crippen LogP contribution in [0.5, 0.6) is 6.01 Å². The van der Waals surface area contributed by atoms with E-state index in [-0.39, 0.29) is 36.6 Å². The van der Waals surface area contributed by atoms with Crippen LogP contribution < -0.4 is 14.5 Å². The molecule has 13 heteroatoms. The van der Waals surface area contributed by atoms with E-state index in [2.05, 4.69) is 36.6 Å². The van der Waals surface area contributed by atoms with Gasteiger partial charge in [0.2, 0.25) is 5.91 Å². The van der Waals surface area contributed by atoms with Gasteiger partial charge in [-0.2, -0.15) is 28.4 Å². The molecule has 1 saturated carbocycles. The molecule has 0 radical (unpaired) electrons. The molecular weight excluding hydrogens is 561 g/mol. The highest BCUT2D eigenvalue weighted by Gasteiger charge is 2.37. The quantitative estimate of drug-likeness (QED) is 0.421. The number of nitriles is 1. The molecule has 1 aliphatic carbocycles. The second-order valence-corrected chi connectivity index (χ2v) is 11.6. The van der Waals surface area contributed by atoms with Gasteiger partial charge in [-0.15, -0.1) is 0 Å². The lowest BCUT2D eigenvalue weighted by Crippen LogP contribution is -2.55. The number of carbonyl (C=O) groups is 1. The minimum absolute atomic E-state index is 0.00889. The van der Waals surface area contributed by atoms with Gasteiger partial charge in [-0.3, -0.25) is 9.78 Å². The summed E-state index contributed by atoms with van der Waals surface area (Å²) in [7, 11) is 4.15. The van der Waals surface area contributed by atoms with Crippen LogP contribution in [0.1, 0.15) is 42.5 Å². The summed E-state index contributed by atoms with van der Waals surface area (Å²) in [6.45, 7) is 5.74. The zero-order valence-electron chi connectivity index (χ0n) is 24.6. The van der Waals surface area contributed by atoms with Crippen LogP contribution in [0.15, 0.2) is 31.1 Å². The normalized spacial score (nSPS) is 22.3. The molecule has 2 aromatic rings. The van der Waals surface area contributed by atoms with Crippen LogP contribution in [0.25, 0.3) is 0 Å². The zero-order chi connectivity index (χ0) is 30.7. The number of rotatable bonds is 8. The van der Waals surface area contributed by atoms with Gasteiger partial charge in [0.15, 0.2) is 0 Å². The van der Waals surface area contributed by atoms with Crippen molar-refractivity contribution in [3.05, 3.63) is 47.9 Å². The first-order valence-corrected chi connectivity index (χ1v) is 14.6. The van der Waals surface area contributed by atoms with Crippen molar-refractivity contribution in [1.29, 1.82) is 5.26 Å². The fraction of sp³-hybridized carbons (Fsp3) is 0.567. The van der Waals surface area contributed by atoms with Gasteiger partial charge in [0.05, 0.1) is 54.8 Å². The van der Waals surface area contributed by atoms with Crippen molar-refractivity contribution < 1.29 is 22.7 Å². The van der Waals surface area contributed by atoms with E-state index < -0.39 is 11.7 Å². The summed E-state index contributed by atoms with van der Waals surface area (Å²) in [6.07, 6.45) is 2.83. The smallest absolute Gasteiger partial charge is 0.418 e. The number of fused-ring (bicyclic) bond motifs is 1. The summed E-state index contributed by atoms with van der Waals surface area (Å²) in [5.74, 6) is 0.770. The van der Waals surface area contributed by atoms with Crippen molar-refractivity contribution in [3.8, 4) is 12.1 Å². The Morgan fingerprint density at radius 2 is 2.05 bits per heavy atom. The fourth-order valence-electron chi connectivity index (χ4n) is 6.39. The number of carbonyl (C=O) groups excluding carboxylic acids is 1. The molecule has 230 valence electrons. The SMILES string of the molecule is C=CC(=O)N1CCN(c2nc(OC[C@@H]3CC[C@@H](N(C)C)C3)nc3c2CCN(c2cnccc2C(F)(F)F)C3)C[C@@H]1CC#N. The molecule has 43 heavy (non-hydrogen) atoms. The summed E-state index contributed by atoms with van der Waals surface area (Å²) in [5, 5.41) is 9.46. The second-order valence-electron chi connectivity index (χ2n) is 11.6. The Bertz CT molecular complexity index is 1380. The number of anilines is 2. The lowest BCUT2D eigenvalue weighted by atomic mass is 10.0. The van der Waals surface area contributed by atoms with Gasteiger partial charge in [0.1, 0.15) is 5.82 Å². The molecule has 0 unspecified atom stereocenters. The number of nitrogens with zero attached hydrogens (tertiary/aromatic N) is 8. The summed E-state index contributed by atoms with van der Waals surface area (Å²) >= 11 is 0. The first-order valence-electron chi connectivity index (χ1n) is 14.6. The molecule has 2 fully saturated rings. The van der Waals surface area contributed by atoms with Gasteiger partial charge in [-0.05, 0) is 57.8 Å². The van der Waals surface area contributed by atoms with E-state index in [1.165, 1.54) is 12.3 Å². The zero-order valence-corrected chi connectivity index (χ0v) is 24.6. The molecule has 0 spiro atoms. The standard InChI is InChI=1S/C30H37F3N8O2/c1-4-27(42)41-14-13-40(17-22(41)7-10-34)28-23-9-12-39(26-16-35-11-8-24(26)30(31,32)33)18-25(23)36-29(37-28)43-19-20-5-6-21(15-20)38(2)3/h4,8,11,16,20-22H,1,5-7,9,12-15,17-19H2,2-3H3/t20-,21-,22+/m1/s1. The number of aromatic nitrogens is 3. The predicted molar refractivity (Wildman–Crippen MR) is 154 cm³/mol. The third kappa shape index (κ3) is 6.69. The number of hydrogen-bond donors (Lipinski definition) is 0. The van der Waals surface area contributed by atoms with E-state index in [0.29, 0.717) is 62.7 Å². The Hall–Kier alpha value is -3.92. The van der Waals surface area contributed by atoms with E-state index in [1.54, 1.807) is 9.80 Å². The Balaban J connectivity index is 1.45. The molecule has 3 aliphatic rings. The first kappa shape index (κ1) is 30.5. The van der Waals surface area contributed by atoms with E-state index in [1.807, 2.05) is 4.90 Å². The lowest BCUT2D eigenvalue weighted by Gasteiger charge is -2.42. The maximum absolute atomic E-state index is 13.8. The minimum Gasteiger partial charge on any atom is -0.463 e. The molecule has 1 amide bonds. The van der Waals surface area contributed by atoms with Crippen molar-refractivity contribution in [2.45, 2.75) is 56.9 Å². The molecule has 2 aliphatic heterocycles. The van der Waals surface area contributed by atoms with Gasteiger partial charge in [0.25, 0.3) is 0 Å². The number of ether oxygens (including phenoxy) is 1. The van der Waals surface area contributed by atoms with Crippen LogP contribution in [-0.4, -0.2) is 89.6 Å². The average Bonchev–Trinajstić information content (AvgIpc) is 3.48. The Kier molecular flexibility index (Phi) is 9.05. The van der Waals surface area contributed by atoms with Crippen LogP contribution in [0.2, 0.25) is 0 Å². The van der Waals surface area contributed by atoms with Gasteiger partial charge in [0, 0.05) is 44.0 Å². The maximum atomic E-state index is 13.8. The molecular formula is C30H37F3N8O2. The molecule has 4 heterocycles. The van der Waals surface area contributed by atoms with Crippen LogP contribution >= 0.6 is 0 Å². The highest BCUT2D eigenvalue weighted by atomic mass is 19.4. The number of pyridine rings is 1. The number of amides is 1. The topological polar surface area (TPSA) is 102 Å². The summed E-state index contributed by atoms with van der Waals surface area (Å²) < 4.78 is 47.7. The summed E-state index contributed by atoms with van der Waals surface area (Å²) in [4.78, 5) is 33.6. The molecule has 2 aromatic heterocycles. The molecule has 3 atom stereocenters. The number of piperazine rings is 1. The molecule has 1 saturated heterocycles. The number of alkyl halides is 3.